The Morgan fingerprint density at radius 1 is 1.33 bits per heavy atom. The number of hydrogen-bond acceptors (Lipinski definition) is 3. The Bertz CT molecular complexity index is 321. The van der Waals surface area contributed by atoms with Crippen LogP contribution in [0.3, 0.4) is 0 Å². The van der Waals surface area contributed by atoms with Crippen molar-refractivity contribution in [3.05, 3.63) is 11.1 Å². The maximum absolute atomic E-state index is 11.7. The van der Waals surface area contributed by atoms with Crippen molar-refractivity contribution in [3.8, 4) is 6.07 Å². The van der Waals surface area contributed by atoms with E-state index in [9.17, 15) is 4.79 Å². The van der Waals surface area contributed by atoms with Crippen molar-refractivity contribution in [2.24, 2.45) is 0 Å². The van der Waals surface area contributed by atoms with Crippen LogP contribution in [0.15, 0.2) is 11.1 Å². The van der Waals surface area contributed by atoms with Gasteiger partial charge >= 0.3 is 5.97 Å². The summed E-state index contributed by atoms with van der Waals surface area (Å²) in [5.74, 6) is -0.470. The first-order valence-electron chi connectivity index (χ1n) is 5.29. The third-order valence-electron chi connectivity index (χ3n) is 2.28. The minimum Gasteiger partial charge on any atom is -0.456 e. The van der Waals surface area contributed by atoms with Crippen LogP contribution in [-0.2, 0) is 9.53 Å². The van der Waals surface area contributed by atoms with Crippen LogP contribution in [0.1, 0.15) is 46.5 Å². The fourth-order valence-corrected chi connectivity index (χ4v) is 1.65. The van der Waals surface area contributed by atoms with E-state index in [1.54, 1.807) is 20.8 Å². The lowest BCUT2D eigenvalue weighted by Gasteiger charge is -2.19. The first-order chi connectivity index (χ1) is 6.94. The Kier molecular flexibility index (Phi) is 3.52. The van der Waals surface area contributed by atoms with Crippen LogP contribution in [0.4, 0.5) is 0 Å². The average Bonchev–Trinajstić information content (AvgIpc) is 2.54. The topological polar surface area (TPSA) is 50.1 Å². The largest absolute Gasteiger partial charge is 0.456 e. The van der Waals surface area contributed by atoms with Gasteiger partial charge in [0.1, 0.15) is 17.2 Å². The number of allylic oxidation sites excluding steroid dienone is 1. The van der Waals surface area contributed by atoms with Gasteiger partial charge in [0.25, 0.3) is 0 Å². The van der Waals surface area contributed by atoms with Gasteiger partial charge in [-0.2, -0.15) is 5.26 Å². The zero-order valence-electron chi connectivity index (χ0n) is 9.59. The molecule has 0 aliphatic heterocycles. The Labute approximate surface area is 90.7 Å². The SMILES string of the molecule is CC(C)(C)OC(=O)C(C#N)=C1CCCC1. The number of carbonyl (C=O) groups is 1. The van der Waals surface area contributed by atoms with Crippen LogP contribution < -0.4 is 0 Å². The van der Waals surface area contributed by atoms with Crippen LogP contribution in [-0.4, -0.2) is 11.6 Å². The standard InChI is InChI=1S/C12H17NO2/c1-12(2,3)15-11(14)10(8-13)9-6-4-5-7-9/h4-7H2,1-3H3. The molecule has 3 nitrogen and oxygen atoms in total. The molecular formula is C12H17NO2. The fraction of sp³-hybridized carbons (Fsp3) is 0.667. The zero-order chi connectivity index (χ0) is 11.5. The molecule has 1 rings (SSSR count). The normalized spacial score (nSPS) is 16.0. The van der Waals surface area contributed by atoms with E-state index in [4.69, 9.17) is 10.00 Å². The summed E-state index contributed by atoms with van der Waals surface area (Å²) in [7, 11) is 0. The minimum atomic E-state index is -0.529. The molecule has 0 saturated heterocycles. The molecule has 1 saturated carbocycles. The summed E-state index contributed by atoms with van der Waals surface area (Å²) in [6, 6.07) is 1.97. The van der Waals surface area contributed by atoms with E-state index < -0.39 is 11.6 Å². The van der Waals surface area contributed by atoms with Gasteiger partial charge in [0.2, 0.25) is 0 Å². The molecule has 0 atom stereocenters. The number of ether oxygens (including phenoxy) is 1. The van der Waals surface area contributed by atoms with Crippen molar-refractivity contribution >= 4 is 5.97 Å². The van der Waals surface area contributed by atoms with Crippen molar-refractivity contribution in [1.29, 1.82) is 5.26 Å². The molecule has 0 heterocycles. The van der Waals surface area contributed by atoms with E-state index in [0.29, 0.717) is 0 Å². The fourth-order valence-electron chi connectivity index (χ4n) is 1.65. The lowest BCUT2D eigenvalue weighted by atomic mass is 10.1. The van der Waals surface area contributed by atoms with E-state index >= 15 is 0 Å². The van der Waals surface area contributed by atoms with E-state index in [0.717, 1.165) is 31.3 Å². The minimum absolute atomic E-state index is 0.224. The van der Waals surface area contributed by atoms with Gasteiger partial charge in [-0.15, -0.1) is 0 Å². The predicted octanol–water partition coefficient (Wildman–Crippen LogP) is 2.72. The predicted molar refractivity (Wildman–Crippen MR) is 57.0 cm³/mol. The van der Waals surface area contributed by atoms with Gasteiger partial charge in [0.05, 0.1) is 0 Å². The summed E-state index contributed by atoms with van der Waals surface area (Å²) >= 11 is 0. The number of nitriles is 1. The monoisotopic (exact) mass is 207 g/mol. The Balaban J connectivity index is 2.81. The van der Waals surface area contributed by atoms with Crippen molar-refractivity contribution < 1.29 is 9.53 Å². The van der Waals surface area contributed by atoms with Crippen LogP contribution in [0.2, 0.25) is 0 Å². The highest BCUT2D eigenvalue weighted by molar-refractivity contribution is 5.94. The third-order valence-corrected chi connectivity index (χ3v) is 2.28. The van der Waals surface area contributed by atoms with Gasteiger partial charge < -0.3 is 4.74 Å². The summed E-state index contributed by atoms with van der Waals surface area (Å²) in [5, 5.41) is 8.94. The Morgan fingerprint density at radius 3 is 2.27 bits per heavy atom. The van der Waals surface area contributed by atoms with Gasteiger partial charge in [-0.05, 0) is 52.0 Å². The molecule has 15 heavy (non-hydrogen) atoms. The molecule has 3 heteroatoms. The highest BCUT2D eigenvalue weighted by atomic mass is 16.6. The smallest absolute Gasteiger partial charge is 0.349 e. The molecule has 1 fully saturated rings. The van der Waals surface area contributed by atoms with Gasteiger partial charge in [-0.25, -0.2) is 4.79 Å². The zero-order valence-corrected chi connectivity index (χ0v) is 9.59. The molecule has 1 aliphatic carbocycles. The quantitative estimate of drug-likeness (QED) is 0.377. The van der Waals surface area contributed by atoms with Crippen LogP contribution in [0.25, 0.3) is 0 Å². The number of rotatable bonds is 1. The van der Waals surface area contributed by atoms with Crippen molar-refractivity contribution in [2.75, 3.05) is 0 Å². The first-order valence-corrected chi connectivity index (χ1v) is 5.29. The van der Waals surface area contributed by atoms with E-state index in [1.807, 2.05) is 6.07 Å². The second-order valence-corrected chi connectivity index (χ2v) is 4.80. The average molecular weight is 207 g/mol. The third kappa shape index (κ3) is 3.39. The summed E-state index contributed by atoms with van der Waals surface area (Å²) in [6.07, 6.45) is 3.87. The molecule has 0 aromatic heterocycles. The lowest BCUT2D eigenvalue weighted by molar-refractivity contribution is -0.149. The molecule has 0 bridgehead atoms. The highest BCUT2D eigenvalue weighted by Crippen LogP contribution is 2.27. The van der Waals surface area contributed by atoms with Crippen LogP contribution in [0.5, 0.6) is 0 Å². The van der Waals surface area contributed by atoms with Gasteiger partial charge in [0.15, 0.2) is 0 Å². The molecule has 0 aromatic carbocycles. The molecule has 0 unspecified atom stereocenters. The molecule has 0 spiro atoms. The number of hydrogen-bond donors (Lipinski definition) is 0. The second kappa shape index (κ2) is 4.48. The van der Waals surface area contributed by atoms with Crippen LogP contribution in [0, 0.1) is 11.3 Å². The number of nitrogens with zero attached hydrogens (tertiary/aromatic N) is 1. The molecule has 0 amide bonds. The Morgan fingerprint density at radius 2 is 1.87 bits per heavy atom. The molecular weight excluding hydrogens is 190 g/mol. The van der Waals surface area contributed by atoms with Crippen molar-refractivity contribution in [1.82, 2.24) is 0 Å². The molecule has 0 aromatic rings. The van der Waals surface area contributed by atoms with Crippen molar-refractivity contribution in [3.63, 3.8) is 0 Å². The number of esters is 1. The van der Waals surface area contributed by atoms with Crippen LogP contribution >= 0.6 is 0 Å². The summed E-state index contributed by atoms with van der Waals surface area (Å²) in [5.41, 5.74) is 0.660. The lowest BCUT2D eigenvalue weighted by Crippen LogP contribution is -2.25. The maximum atomic E-state index is 11.7. The van der Waals surface area contributed by atoms with Crippen molar-refractivity contribution in [2.45, 2.75) is 52.1 Å². The summed E-state index contributed by atoms with van der Waals surface area (Å²) < 4.78 is 5.18. The van der Waals surface area contributed by atoms with Gasteiger partial charge in [0, 0.05) is 0 Å². The molecule has 1 aliphatic rings. The molecule has 0 radical (unpaired) electrons. The van der Waals surface area contributed by atoms with E-state index in [2.05, 4.69) is 0 Å². The Hall–Kier alpha value is -1.30. The second-order valence-electron chi connectivity index (χ2n) is 4.80. The van der Waals surface area contributed by atoms with Gasteiger partial charge in [-0.3, -0.25) is 0 Å². The first kappa shape index (κ1) is 11.8. The summed E-state index contributed by atoms with van der Waals surface area (Å²) in [6.45, 7) is 5.41. The summed E-state index contributed by atoms with van der Waals surface area (Å²) in [4.78, 5) is 11.7. The number of carbonyl (C=O) groups excluding carboxylic acids is 1. The van der Waals surface area contributed by atoms with Gasteiger partial charge in [-0.1, -0.05) is 0 Å². The maximum Gasteiger partial charge on any atom is 0.349 e. The van der Waals surface area contributed by atoms with E-state index in [-0.39, 0.29) is 5.57 Å². The highest BCUT2D eigenvalue weighted by Gasteiger charge is 2.23. The molecule has 82 valence electrons. The molecule has 0 N–H and O–H groups in total. The van der Waals surface area contributed by atoms with E-state index in [1.165, 1.54) is 0 Å².